The van der Waals surface area contributed by atoms with Crippen LogP contribution < -0.4 is 0 Å². The molecule has 0 bridgehead atoms. The van der Waals surface area contributed by atoms with Crippen LogP contribution in [0.5, 0.6) is 0 Å². The normalized spacial score (nSPS) is 38.8. The Labute approximate surface area is 108 Å². The minimum atomic E-state index is -0.879. The summed E-state index contributed by atoms with van der Waals surface area (Å²) >= 11 is 0. The molecule has 2 fully saturated rings. The van der Waals surface area contributed by atoms with Gasteiger partial charge in [-0.15, -0.1) is 0 Å². The average Bonchev–Trinajstić information content (AvgIpc) is 2.80. The van der Waals surface area contributed by atoms with E-state index in [0.717, 1.165) is 19.3 Å². The van der Waals surface area contributed by atoms with Gasteiger partial charge in [0.05, 0.1) is 24.4 Å². The van der Waals surface area contributed by atoms with Gasteiger partial charge < -0.3 is 19.3 Å². The van der Waals surface area contributed by atoms with Crippen LogP contribution in [-0.2, 0) is 14.2 Å². The Morgan fingerprint density at radius 2 is 2.17 bits per heavy atom. The highest BCUT2D eigenvalue weighted by Crippen LogP contribution is 2.35. The second-order valence-corrected chi connectivity index (χ2v) is 5.21. The van der Waals surface area contributed by atoms with E-state index in [0.29, 0.717) is 6.42 Å². The van der Waals surface area contributed by atoms with Crippen LogP contribution in [0.4, 0.5) is 0 Å². The zero-order chi connectivity index (χ0) is 13.1. The molecule has 0 saturated carbocycles. The largest absolute Gasteiger partial charge is 0.372 e. The van der Waals surface area contributed by atoms with Gasteiger partial charge >= 0.3 is 0 Å². The van der Waals surface area contributed by atoms with Crippen molar-refractivity contribution in [3.8, 4) is 6.07 Å². The topological polar surface area (TPSA) is 71.7 Å². The molecule has 2 aliphatic rings. The van der Waals surface area contributed by atoms with E-state index in [4.69, 9.17) is 19.5 Å². The molecule has 3 unspecified atom stereocenters. The Hall–Kier alpha value is -0.670. The summed E-state index contributed by atoms with van der Waals surface area (Å²) in [5.74, 6) is 0.0224. The molecule has 0 aromatic carbocycles. The SMILES string of the molecule is CO[C@@H](O)[C@H]1CC2OC(C[C@@H](C)C#N)CCC2O1. The van der Waals surface area contributed by atoms with Crippen molar-refractivity contribution in [3.05, 3.63) is 0 Å². The highest BCUT2D eigenvalue weighted by Gasteiger charge is 2.43. The smallest absolute Gasteiger partial charge is 0.180 e. The number of nitrogens with zero attached hydrogens (tertiary/aromatic N) is 1. The van der Waals surface area contributed by atoms with Crippen LogP contribution in [0.1, 0.15) is 32.6 Å². The number of methoxy groups -OCH3 is 1. The highest BCUT2D eigenvalue weighted by atomic mass is 16.6. The highest BCUT2D eigenvalue weighted by molar-refractivity contribution is 4.91. The fourth-order valence-corrected chi connectivity index (χ4v) is 2.77. The van der Waals surface area contributed by atoms with Crippen LogP contribution in [0.25, 0.3) is 0 Å². The molecular formula is C13H21NO4. The summed E-state index contributed by atoms with van der Waals surface area (Å²) in [6, 6.07) is 2.24. The van der Waals surface area contributed by atoms with E-state index >= 15 is 0 Å². The predicted molar refractivity (Wildman–Crippen MR) is 63.6 cm³/mol. The molecule has 2 heterocycles. The lowest BCUT2D eigenvalue weighted by atomic mass is 9.95. The van der Waals surface area contributed by atoms with Crippen LogP contribution in [0, 0.1) is 17.2 Å². The molecule has 6 atom stereocenters. The third kappa shape index (κ3) is 3.01. The van der Waals surface area contributed by atoms with Crippen LogP contribution >= 0.6 is 0 Å². The molecule has 2 aliphatic heterocycles. The van der Waals surface area contributed by atoms with Crippen molar-refractivity contribution in [3.63, 3.8) is 0 Å². The van der Waals surface area contributed by atoms with Gasteiger partial charge in [0.1, 0.15) is 6.10 Å². The third-order valence-electron chi connectivity index (χ3n) is 3.77. The maximum absolute atomic E-state index is 9.61. The number of ether oxygens (including phenoxy) is 3. The zero-order valence-electron chi connectivity index (χ0n) is 10.9. The van der Waals surface area contributed by atoms with Crippen molar-refractivity contribution in [2.75, 3.05) is 7.11 Å². The fraction of sp³-hybridized carbons (Fsp3) is 0.923. The number of nitriles is 1. The van der Waals surface area contributed by atoms with Gasteiger partial charge in [-0.05, 0) is 26.2 Å². The second-order valence-electron chi connectivity index (χ2n) is 5.21. The van der Waals surface area contributed by atoms with Gasteiger partial charge in [-0.1, -0.05) is 0 Å². The Morgan fingerprint density at radius 1 is 1.39 bits per heavy atom. The number of rotatable bonds is 4. The van der Waals surface area contributed by atoms with Crippen molar-refractivity contribution >= 4 is 0 Å². The molecule has 2 rings (SSSR count). The van der Waals surface area contributed by atoms with E-state index in [1.54, 1.807) is 0 Å². The van der Waals surface area contributed by atoms with E-state index < -0.39 is 6.29 Å². The number of fused-ring (bicyclic) bond motifs is 1. The average molecular weight is 255 g/mol. The zero-order valence-corrected chi connectivity index (χ0v) is 10.9. The quantitative estimate of drug-likeness (QED) is 0.764. The van der Waals surface area contributed by atoms with Crippen molar-refractivity contribution < 1.29 is 19.3 Å². The van der Waals surface area contributed by atoms with Crippen LogP contribution in [0.15, 0.2) is 0 Å². The summed E-state index contributed by atoms with van der Waals surface area (Å²) in [6.07, 6.45) is 2.35. The third-order valence-corrected chi connectivity index (χ3v) is 3.77. The fourth-order valence-electron chi connectivity index (χ4n) is 2.77. The monoisotopic (exact) mass is 255 g/mol. The Balaban J connectivity index is 1.85. The van der Waals surface area contributed by atoms with Gasteiger partial charge in [0, 0.05) is 19.4 Å². The minimum absolute atomic E-state index is 0.0224. The number of hydrogen-bond donors (Lipinski definition) is 1. The van der Waals surface area contributed by atoms with E-state index in [2.05, 4.69) is 6.07 Å². The molecule has 18 heavy (non-hydrogen) atoms. The molecule has 5 nitrogen and oxygen atoms in total. The number of hydrogen-bond acceptors (Lipinski definition) is 5. The van der Waals surface area contributed by atoms with Gasteiger partial charge in [0.2, 0.25) is 0 Å². The molecule has 0 radical (unpaired) electrons. The van der Waals surface area contributed by atoms with E-state index in [1.165, 1.54) is 7.11 Å². The van der Waals surface area contributed by atoms with E-state index in [9.17, 15) is 5.11 Å². The molecular weight excluding hydrogens is 234 g/mol. The van der Waals surface area contributed by atoms with Crippen molar-refractivity contribution in [1.29, 1.82) is 5.26 Å². The molecule has 5 heteroatoms. The van der Waals surface area contributed by atoms with Gasteiger partial charge in [-0.3, -0.25) is 0 Å². The summed E-state index contributed by atoms with van der Waals surface area (Å²) in [4.78, 5) is 0. The van der Waals surface area contributed by atoms with E-state index in [1.807, 2.05) is 6.92 Å². The Morgan fingerprint density at radius 3 is 2.83 bits per heavy atom. The number of aliphatic hydroxyl groups is 1. The first-order valence-electron chi connectivity index (χ1n) is 6.55. The molecule has 0 aliphatic carbocycles. The molecule has 0 aromatic heterocycles. The minimum Gasteiger partial charge on any atom is -0.372 e. The first-order valence-corrected chi connectivity index (χ1v) is 6.55. The summed E-state index contributed by atoms with van der Waals surface area (Å²) in [7, 11) is 1.47. The second kappa shape index (κ2) is 5.98. The molecule has 0 spiro atoms. The lowest BCUT2D eigenvalue weighted by Gasteiger charge is -2.31. The first kappa shape index (κ1) is 13.8. The molecule has 1 N–H and O–H groups in total. The van der Waals surface area contributed by atoms with Crippen LogP contribution in [0.2, 0.25) is 0 Å². The molecule has 0 amide bonds. The maximum atomic E-state index is 9.61. The Bertz CT molecular complexity index is 317. The van der Waals surface area contributed by atoms with Crippen molar-refractivity contribution in [1.82, 2.24) is 0 Å². The predicted octanol–water partition coefficient (Wildman–Crippen LogP) is 1.21. The summed E-state index contributed by atoms with van der Waals surface area (Å²) in [5, 5.41) is 18.4. The van der Waals surface area contributed by atoms with Gasteiger partial charge in [0.25, 0.3) is 0 Å². The summed E-state index contributed by atoms with van der Waals surface area (Å²) in [5.41, 5.74) is 0. The standard InChI is InChI=1S/C13H21NO4/c1-8(7-14)5-9-3-4-10-11(17-9)6-12(18-10)13(15)16-2/h8-13,15H,3-6H2,1-2H3/t8-,9?,10?,11?,12-,13-/m1/s1. The van der Waals surface area contributed by atoms with Crippen molar-refractivity contribution in [2.24, 2.45) is 5.92 Å². The van der Waals surface area contributed by atoms with Gasteiger partial charge in [-0.25, -0.2) is 0 Å². The first-order chi connectivity index (χ1) is 8.63. The molecule has 0 aromatic rings. The van der Waals surface area contributed by atoms with Gasteiger partial charge in [0.15, 0.2) is 6.29 Å². The Kier molecular flexibility index (Phi) is 4.57. The van der Waals surface area contributed by atoms with Crippen molar-refractivity contribution in [2.45, 2.75) is 63.3 Å². The summed E-state index contributed by atoms with van der Waals surface area (Å²) in [6.45, 7) is 1.91. The van der Waals surface area contributed by atoms with Crippen LogP contribution in [-0.4, -0.2) is 42.9 Å². The van der Waals surface area contributed by atoms with Gasteiger partial charge in [-0.2, -0.15) is 5.26 Å². The number of aliphatic hydroxyl groups excluding tert-OH is 1. The van der Waals surface area contributed by atoms with E-state index in [-0.39, 0.29) is 30.3 Å². The maximum Gasteiger partial charge on any atom is 0.180 e. The van der Waals surface area contributed by atoms with Crippen LogP contribution in [0.3, 0.4) is 0 Å². The lowest BCUT2D eigenvalue weighted by Crippen LogP contribution is -2.36. The lowest BCUT2D eigenvalue weighted by molar-refractivity contribution is -0.165. The molecule has 102 valence electrons. The summed E-state index contributed by atoms with van der Waals surface area (Å²) < 4.78 is 16.6. The molecule has 2 saturated heterocycles.